The van der Waals surface area contributed by atoms with Crippen molar-refractivity contribution >= 4 is 24.8 Å². The van der Waals surface area contributed by atoms with Crippen LogP contribution >= 0.6 is 11.3 Å². The van der Waals surface area contributed by atoms with Crippen molar-refractivity contribution < 1.29 is 0 Å². The van der Waals surface area contributed by atoms with Crippen LogP contribution < -0.4 is 5.59 Å². The summed E-state index contributed by atoms with van der Waals surface area (Å²) in [5.41, 5.74) is 0.682. The van der Waals surface area contributed by atoms with Gasteiger partial charge in [0.25, 0.3) is 0 Å². The highest BCUT2D eigenvalue weighted by atomic mass is 32.1. The van der Waals surface area contributed by atoms with Gasteiger partial charge in [0.1, 0.15) is 7.85 Å². The molecular formula is C6H6BNS. The molecular weight excluding hydrogens is 129 g/mol. The maximum atomic E-state index is 5.44. The molecule has 2 rings (SSSR count). The standard InChI is InChI=1S/C6H6BNS/c7-5-3-9-6(8-5)4-1-2-4/h3-4H,1-2H2. The summed E-state index contributed by atoms with van der Waals surface area (Å²) in [6.45, 7) is 0. The average molecular weight is 135 g/mol. The van der Waals surface area contributed by atoms with Crippen molar-refractivity contribution in [2.45, 2.75) is 18.8 Å². The lowest BCUT2D eigenvalue weighted by Gasteiger charge is -1.82. The molecule has 1 heterocycles. The predicted molar refractivity (Wildman–Crippen MR) is 39.5 cm³/mol. The van der Waals surface area contributed by atoms with E-state index in [1.807, 2.05) is 5.38 Å². The van der Waals surface area contributed by atoms with E-state index in [0.29, 0.717) is 5.59 Å². The van der Waals surface area contributed by atoms with Crippen molar-refractivity contribution in [3.8, 4) is 0 Å². The molecule has 1 saturated carbocycles. The van der Waals surface area contributed by atoms with Crippen molar-refractivity contribution in [3.63, 3.8) is 0 Å². The van der Waals surface area contributed by atoms with Crippen LogP contribution in [0.15, 0.2) is 5.38 Å². The molecule has 0 N–H and O–H groups in total. The number of nitrogens with zero attached hydrogens (tertiary/aromatic N) is 1. The van der Waals surface area contributed by atoms with Crippen LogP contribution in [0.5, 0.6) is 0 Å². The Morgan fingerprint density at radius 1 is 1.67 bits per heavy atom. The lowest BCUT2D eigenvalue weighted by molar-refractivity contribution is 1.09. The van der Waals surface area contributed by atoms with Crippen LogP contribution in [0.25, 0.3) is 0 Å². The Hall–Kier alpha value is -0.305. The van der Waals surface area contributed by atoms with E-state index in [2.05, 4.69) is 4.98 Å². The summed E-state index contributed by atoms with van der Waals surface area (Å²) in [5.74, 6) is 0.757. The summed E-state index contributed by atoms with van der Waals surface area (Å²) < 4.78 is 0. The Morgan fingerprint density at radius 2 is 2.44 bits per heavy atom. The van der Waals surface area contributed by atoms with Gasteiger partial charge in [0.2, 0.25) is 0 Å². The quantitative estimate of drug-likeness (QED) is 0.519. The molecule has 1 aromatic rings. The van der Waals surface area contributed by atoms with E-state index in [4.69, 9.17) is 7.85 Å². The van der Waals surface area contributed by atoms with E-state index in [1.165, 1.54) is 17.8 Å². The lowest BCUT2D eigenvalue weighted by Crippen LogP contribution is -2.01. The maximum absolute atomic E-state index is 5.44. The van der Waals surface area contributed by atoms with Crippen molar-refractivity contribution in [2.24, 2.45) is 0 Å². The second-order valence-electron chi connectivity index (χ2n) is 2.38. The van der Waals surface area contributed by atoms with Gasteiger partial charge in [-0.1, -0.05) is 0 Å². The largest absolute Gasteiger partial charge is 0.258 e. The molecule has 0 atom stereocenters. The fourth-order valence-electron chi connectivity index (χ4n) is 0.818. The summed E-state index contributed by atoms with van der Waals surface area (Å²) in [5, 5.41) is 3.14. The predicted octanol–water partition coefficient (Wildman–Crippen LogP) is 0.814. The Bertz CT molecular complexity index is 217. The number of hydrogen-bond acceptors (Lipinski definition) is 2. The van der Waals surface area contributed by atoms with Crippen LogP contribution in [0.1, 0.15) is 23.8 Å². The van der Waals surface area contributed by atoms with Crippen molar-refractivity contribution in [3.05, 3.63) is 10.4 Å². The van der Waals surface area contributed by atoms with Gasteiger partial charge in [-0.3, -0.25) is 4.98 Å². The molecule has 1 aromatic heterocycles. The highest BCUT2D eigenvalue weighted by molar-refractivity contribution is 7.10. The number of thiazole rings is 1. The first-order chi connectivity index (χ1) is 4.36. The summed E-state index contributed by atoms with van der Waals surface area (Å²) >= 11 is 1.68. The molecule has 9 heavy (non-hydrogen) atoms. The Labute approximate surface area is 59.5 Å². The molecule has 0 aliphatic heterocycles. The second-order valence-corrected chi connectivity index (χ2v) is 3.27. The third-order valence-corrected chi connectivity index (χ3v) is 2.49. The highest BCUT2D eigenvalue weighted by Crippen LogP contribution is 2.40. The molecule has 2 radical (unpaired) electrons. The summed E-state index contributed by atoms with van der Waals surface area (Å²) in [7, 11) is 5.44. The van der Waals surface area contributed by atoms with Crippen molar-refractivity contribution in [1.82, 2.24) is 4.98 Å². The van der Waals surface area contributed by atoms with E-state index in [9.17, 15) is 0 Å². The number of rotatable bonds is 1. The molecule has 0 amide bonds. The van der Waals surface area contributed by atoms with Crippen LogP contribution in [0.3, 0.4) is 0 Å². The Morgan fingerprint density at radius 3 is 2.89 bits per heavy atom. The first kappa shape index (κ1) is 5.48. The fraction of sp³-hybridized carbons (Fsp3) is 0.500. The smallest absolute Gasteiger partial charge is 0.142 e. The van der Waals surface area contributed by atoms with E-state index in [0.717, 1.165) is 5.92 Å². The van der Waals surface area contributed by atoms with Gasteiger partial charge >= 0.3 is 0 Å². The molecule has 0 bridgehead atoms. The van der Waals surface area contributed by atoms with Crippen LogP contribution in [0, 0.1) is 0 Å². The molecule has 0 spiro atoms. The topological polar surface area (TPSA) is 12.9 Å². The number of aromatic nitrogens is 1. The molecule has 0 aromatic carbocycles. The van der Waals surface area contributed by atoms with E-state index in [-0.39, 0.29) is 0 Å². The molecule has 3 heteroatoms. The van der Waals surface area contributed by atoms with Gasteiger partial charge < -0.3 is 0 Å². The van der Waals surface area contributed by atoms with E-state index in [1.54, 1.807) is 11.3 Å². The third-order valence-electron chi connectivity index (χ3n) is 1.47. The molecule has 1 aliphatic rings. The molecule has 0 unspecified atom stereocenters. The fourth-order valence-corrected chi connectivity index (χ4v) is 1.70. The average Bonchev–Trinajstić information content (AvgIpc) is 2.58. The van der Waals surface area contributed by atoms with Crippen LogP contribution in [0.4, 0.5) is 0 Å². The molecule has 1 nitrogen and oxygen atoms in total. The first-order valence-corrected chi connectivity index (χ1v) is 3.95. The third kappa shape index (κ3) is 1.01. The Kier molecular flexibility index (Phi) is 1.12. The molecule has 44 valence electrons. The van der Waals surface area contributed by atoms with Crippen molar-refractivity contribution in [1.29, 1.82) is 0 Å². The monoisotopic (exact) mass is 135 g/mol. The Balaban J connectivity index is 2.28. The van der Waals surface area contributed by atoms with Gasteiger partial charge in [-0.05, 0) is 18.4 Å². The maximum Gasteiger partial charge on any atom is 0.142 e. The molecule has 1 fully saturated rings. The minimum atomic E-state index is 0.682. The minimum Gasteiger partial charge on any atom is -0.258 e. The molecule has 1 aliphatic carbocycles. The number of hydrogen-bond donors (Lipinski definition) is 0. The highest BCUT2D eigenvalue weighted by Gasteiger charge is 2.25. The molecule has 0 saturated heterocycles. The van der Waals surface area contributed by atoms with Gasteiger partial charge in [0.15, 0.2) is 0 Å². The normalized spacial score (nSPS) is 18.2. The van der Waals surface area contributed by atoms with E-state index >= 15 is 0 Å². The van der Waals surface area contributed by atoms with Gasteiger partial charge in [0, 0.05) is 11.3 Å². The zero-order chi connectivity index (χ0) is 6.27. The van der Waals surface area contributed by atoms with Crippen LogP contribution in [-0.2, 0) is 0 Å². The first-order valence-electron chi connectivity index (χ1n) is 3.07. The van der Waals surface area contributed by atoms with Gasteiger partial charge in [-0.25, -0.2) is 0 Å². The van der Waals surface area contributed by atoms with Crippen molar-refractivity contribution in [2.75, 3.05) is 0 Å². The van der Waals surface area contributed by atoms with Crippen LogP contribution in [-0.4, -0.2) is 12.8 Å². The zero-order valence-electron chi connectivity index (χ0n) is 5.00. The minimum absolute atomic E-state index is 0.682. The summed E-state index contributed by atoms with van der Waals surface area (Å²) in [6.07, 6.45) is 2.62. The van der Waals surface area contributed by atoms with Gasteiger partial charge in [0.05, 0.1) is 5.01 Å². The zero-order valence-corrected chi connectivity index (χ0v) is 5.82. The van der Waals surface area contributed by atoms with E-state index < -0.39 is 0 Å². The SMILES string of the molecule is [B]c1csc(C2CC2)n1. The summed E-state index contributed by atoms with van der Waals surface area (Å²) in [4.78, 5) is 4.17. The summed E-state index contributed by atoms with van der Waals surface area (Å²) in [6, 6.07) is 0. The second kappa shape index (κ2) is 1.84. The van der Waals surface area contributed by atoms with Gasteiger partial charge in [-0.2, -0.15) is 0 Å². The lowest BCUT2D eigenvalue weighted by atomic mass is 10.1. The van der Waals surface area contributed by atoms with Crippen LogP contribution in [0.2, 0.25) is 0 Å². The van der Waals surface area contributed by atoms with Gasteiger partial charge in [-0.15, -0.1) is 11.3 Å².